The second-order valence-electron chi connectivity index (χ2n) is 4.82. The number of aryl methyl sites for hydroxylation is 1. The Kier molecular flexibility index (Phi) is 5.00. The number of H-pyrrole nitrogens is 1. The zero-order valence-electron chi connectivity index (χ0n) is 12.0. The van der Waals surface area contributed by atoms with Crippen LogP contribution in [-0.4, -0.2) is 45.5 Å². The Morgan fingerprint density at radius 1 is 1.55 bits per heavy atom. The number of aromatic nitrogens is 2. The molecule has 4 atom stereocenters. The first-order chi connectivity index (χ1) is 10.3. The molecule has 0 saturated carbocycles. The van der Waals surface area contributed by atoms with Crippen molar-refractivity contribution in [3.05, 3.63) is 32.6 Å². The Hall–Kier alpha value is -1.29. The normalized spacial score (nSPS) is 27.7. The predicted molar refractivity (Wildman–Crippen MR) is 73.4 cm³/mol. The van der Waals surface area contributed by atoms with Crippen LogP contribution in [0.5, 0.6) is 0 Å². The number of phosphoric ester groups is 1. The van der Waals surface area contributed by atoms with Gasteiger partial charge in [0.1, 0.15) is 18.4 Å². The summed E-state index contributed by atoms with van der Waals surface area (Å²) in [5, 5.41) is 9.28. The smallest absolute Gasteiger partial charge is 0.394 e. The fourth-order valence-corrected chi connectivity index (χ4v) is 2.81. The summed E-state index contributed by atoms with van der Waals surface area (Å²) in [6.07, 6.45) is -1.34. The molecule has 0 amide bonds. The van der Waals surface area contributed by atoms with Crippen LogP contribution in [0, 0.1) is 6.92 Å². The maximum absolute atomic E-state index is 11.8. The second kappa shape index (κ2) is 6.45. The number of hydrogen-bond donors (Lipinski definition) is 3. The van der Waals surface area contributed by atoms with Gasteiger partial charge in [-0.05, 0) is 6.92 Å². The highest BCUT2D eigenvalue weighted by Crippen LogP contribution is 2.47. The summed E-state index contributed by atoms with van der Waals surface area (Å²) in [6.45, 7) is 1.05. The molecule has 11 heteroatoms. The van der Waals surface area contributed by atoms with E-state index in [0.29, 0.717) is 5.56 Å². The number of aromatic amines is 1. The summed E-state index contributed by atoms with van der Waals surface area (Å²) in [5.41, 5.74) is -0.889. The highest BCUT2D eigenvalue weighted by Gasteiger charge is 2.41. The largest absolute Gasteiger partial charge is 0.472 e. The highest BCUT2D eigenvalue weighted by molar-refractivity contribution is 7.47. The molecule has 0 spiro atoms. The lowest BCUT2D eigenvalue weighted by Crippen LogP contribution is -2.33. The number of hydrogen-bond acceptors (Lipinski definition) is 7. The third-order valence-corrected chi connectivity index (χ3v) is 4.31. The van der Waals surface area contributed by atoms with E-state index in [9.17, 15) is 24.2 Å². The van der Waals surface area contributed by atoms with Gasteiger partial charge in [0.05, 0.1) is 6.61 Å². The van der Waals surface area contributed by atoms with Crippen molar-refractivity contribution < 1.29 is 28.3 Å². The average molecular weight is 336 g/mol. The van der Waals surface area contributed by atoms with Gasteiger partial charge in [-0.25, -0.2) is 9.36 Å². The van der Waals surface area contributed by atoms with Gasteiger partial charge in [-0.2, -0.15) is 0 Å². The molecule has 124 valence electrons. The van der Waals surface area contributed by atoms with Crippen LogP contribution in [0.25, 0.3) is 0 Å². The molecule has 2 heterocycles. The molecule has 1 fully saturated rings. The summed E-state index contributed by atoms with van der Waals surface area (Å²) in [5.74, 6) is 0. The molecule has 2 rings (SSSR count). The molecule has 1 aliphatic heterocycles. The summed E-state index contributed by atoms with van der Waals surface area (Å²) in [4.78, 5) is 34.7. The molecule has 3 N–H and O–H groups in total. The fourth-order valence-electron chi connectivity index (χ4n) is 2.16. The molecule has 0 bridgehead atoms. The first-order valence-electron chi connectivity index (χ1n) is 6.42. The molecule has 10 nitrogen and oxygen atoms in total. The SMILES string of the molecule is COP(=O)(O)O[C@H]1C[C@@H](n2cc(C)c(=O)[nH]c2=O)O[C@H]1CO. The fraction of sp³-hybridized carbons (Fsp3) is 0.636. The Labute approximate surface area is 124 Å². The van der Waals surface area contributed by atoms with E-state index in [-0.39, 0.29) is 6.42 Å². The van der Waals surface area contributed by atoms with Crippen LogP contribution in [-0.2, 0) is 18.3 Å². The number of aliphatic hydroxyl groups excluding tert-OH is 1. The molecule has 1 saturated heterocycles. The van der Waals surface area contributed by atoms with Crippen molar-refractivity contribution in [3.8, 4) is 0 Å². The molecule has 0 aromatic carbocycles. The first-order valence-corrected chi connectivity index (χ1v) is 7.92. The van der Waals surface area contributed by atoms with E-state index >= 15 is 0 Å². The van der Waals surface area contributed by atoms with E-state index in [1.54, 1.807) is 0 Å². The third-order valence-electron chi connectivity index (χ3n) is 3.32. The average Bonchev–Trinajstić information content (AvgIpc) is 2.84. The van der Waals surface area contributed by atoms with Crippen molar-refractivity contribution in [1.29, 1.82) is 0 Å². The van der Waals surface area contributed by atoms with Gasteiger partial charge >= 0.3 is 13.5 Å². The topological polar surface area (TPSA) is 140 Å². The van der Waals surface area contributed by atoms with E-state index in [1.807, 2.05) is 0 Å². The summed E-state index contributed by atoms with van der Waals surface area (Å²) < 4.78 is 27.3. The molecule has 0 radical (unpaired) electrons. The van der Waals surface area contributed by atoms with Gasteiger partial charge in [0.2, 0.25) is 0 Å². The lowest BCUT2D eigenvalue weighted by Gasteiger charge is -2.18. The summed E-state index contributed by atoms with van der Waals surface area (Å²) in [6, 6.07) is 0. The number of phosphoric acid groups is 1. The second-order valence-corrected chi connectivity index (χ2v) is 6.33. The van der Waals surface area contributed by atoms with Crippen molar-refractivity contribution >= 4 is 7.82 Å². The van der Waals surface area contributed by atoms with Crippen LogP contribution in [0.2, 0.25) is 0 Å². The lowest BCUT2D eigenvalue weighted by atomic mass is 10.2. The minimum atomic E-state index is -4.26. The molecular weight excluding hydrogens is 319 g/mol. The van der Waals surface area contributed by atoms with Crippen LogP contribution < -0.4 is 11.2 Å². The van der Waals surface area contributed by atoms with Crippen LogP contribution in [0.15, 0.2) is 15.8 Å². The zero-order valence-corrected chi connectivity index (χ0v) is 12.9. The third kappa shape index (κ3) is 3.54. The van der Waals surface area contributed by atoms with Crippen molar-refractivity contribution in [2.75, 3.05) is 13.7 Å². The van der Waals surface area contributed by atoms with E-state index in [1.165, 1.54) is 13.1 Å². The maximum atomic E-state index is 11.8. The minimum absolute atomic E-state index is 0.0323. The number of rotatable bonds is 5. The Morgan fingerprint density at radius 3 is 2.82 bits per heavy atom. The highest BCUT2D eigenvalue weighted by atomic mass is 31.2. The number of nitrogens with one attached hydrogen (secondary N) is 1. The molecule has 1 aliphatic rings. The van der Waals surface area contributed by atoms with Gasteiger partial charge in [-0.15, -0.1) is 0 Å². The molecule has 0 aliphatic carbocycles. The van der Waals surface area contributed by atoms with Gasteiger partial charge in [-0.1, -0.05) is 0 Å². The van der Waals surface area contributed by atoms with Crippen LogP contribution in [0.4, 0.5) is 0 Å². The first kappa shape index (κ1) is 17.1. The van der Waals surface area contributed by atoms with Gasteiger partial charge in [0.25, 0.3) is 5.56 Å². The van der Waals surface area contributed by atoms with E-state index in [0.717, 1.165) is 11.7 Å². The van der Waals surface area contributed by atoms with Crippen molar-refractivity contribution in [3.63, 3.8) is 0 Å². The Bertz CT molecular complexity index is 698. The van der Waals surface area contributed by atoms with Crippen LogP contribution >= 0.6 is 7.82 Å². The molecule has 1 aromatic heterocycles. The lowest BCUT2D eigenvalue weighted by molar-refractivity contribution is -0.0458. The van der Waals surface area contributed by atoms with Crippen molar-refractivity contribution in [1.82, 2.24) is 9.55 Å². The number of nitrogens with zero attached hydrogens (tertiary/aromatic N) is 1. The van der Waals surface area contributed by atoms with E-state index in [2.05, 4.69) is 9.51 Å². The molecule has 1 aromatic rings. The monoisotopic (exact) mass is 336 g/mol. The number of ether oxygens (including phenoxy) is 1. The molecular formula is C11H17N2O8P. The Morgan fingerprint density at radius 2 is 2.23 bits per heavy atom. The van der Waals surface area contributed by atoms with Crippen molar-refractivity contribution in [2.45, 2.75) is 31.8 Å². The summed E-state index contributed by atoms with van der Waals surface area (Å²) >= 11 is 0. The number of aliphatic hydroxyl groups is 1. The van der Waals surface area contributed by atoms with Crippen LogP contribution in [0.3, 0.4) is 0 Å². The van der Waals surface area contributed by atoms with Crippen molar-refractivity contribution in [2.24, 2.45) is 0 Å². The van der Waals surface area contributed by atoms with Gasteiger partial charge in [0, 0.05) is 25.3 Å². The van der Waals surface area contributed by atoms with E-state index in [4.69, 9.17) is 9.26 Å². The zero-order chi connectivity index (χ0) is 16.5. The van der Waals surface area contributed by atoms with Gasteiger partial charge in [0.15, 0.2) is 0 Å². The maximum Gasteiger partial charge on any atom is 0.472 e. The molecule has 22 heavy (non-hydrogen) atoms. The summed E-state index contributed by atoms with van der Waals surface area (Å²) in [7, 11) is -3.25. The van der Waals surface area contributed by atoms with Crippen LogP contribution in [0.1, 0.15) is 18.2 Å². The minimum Gasteiger partial charge on any atom is -0.394 e. The Balaban J connectivity index is 2.25. The quantitative estimate of drug-likeness (QED) is 0.597. The predicted octanol–water partition coefficient (Wildman–Crippen LogP) is -0.743. The molecule has 1 unspecified atom stereocenters. The van der Waals surface area contributed by atoms with Gasteiger partial charge in [-0.3, -0.25) is 23.4 Å². The van der Waals surface area contributed by atoms with Gasteiger partial charge < -0.3 is 14.7 Å². The van der Waals surface area contributed by atoms with E-state index < -0.39 is 44.1 Å². The standard InChI is InChI=1S/C11H17N2O8P/c1-6-4-13(11(16)12-10(6)15)9-3-7(8(5-14)20-9)21-22(17,18)19-2/h4,7-9,14H,3,5H2,1-2H3,(H,17,18)(H,12,15,16)/t7-,8-,9-/m0/s1.